The first kappa shape index (κ1) is 22.3. The van der Waals surface area contributed by atoms with E-state index in [-0.39, 0.29) is 30.3 Å². The number of hydrogen-bond acceptors (Lipinski definition) is 6. The first-order chi connectivity index (χ1) is 13.4. The lowest BCUT2D eigenvalue weighted by Crippen LogP contribution is -2.57. The maximum absolute atomic E-state index is 12.1. The molecule has 1 amide bonds. The number of alkyl carbamates (subject to hydrolysis) is 1. The zero-order valence-corrected chi connectivity index (χ0v) is 18.3. The summed E-state index contributed by atoms with van der Waals surface area (Å²) in [5.74, 6) is 0.831. The Bertz CT molecular complexity index is 648. The summed E-state index contributed by atoms with van der Waals surface area (Å²) in [7, 11) is 0. The molecular formula is C18H22Cl3NO5S. The van der Waals surface area contributed by atoms with Crippen LogP contribution >= 0.6 is 46.6 Å². The van der Waals surface area contributed by atoms with Crippen molar-refractivity contribution in [3.63, 3.8) is 0 Å². The van der Waals surface area contributed by atoms with Crippen molar-refractivity contribution in [3.05, 3.63) is 35.9 Å². The quantitative estimate of drug-likeness (QED) is 0.642. The van der Waals surface area contributed by atoms with Gasteiger partial charge in [0, 0.05) is 12.0 Å². The second-order valence-corrected chi connectivity index (χ2v) is 10.3. The zero-order valence-electron chi connectivity index (χ0n) is 15.2. The summed E-state index contributed by atoms with van der Waals surface area (Å²) in [5, 5.41) is 2.81. The lowest BCUT2D eigenvalue weighted by molar-refractivity contribution is -0.283. The van der Waals surface area contributed by atoms with Crippen LogP contribution in [0.2, 0.25) is 0 Å². The standard InChI is InChI=1S/C18H22Cl3NO5S/c1-2-28-16-12(22-17(23)25-10-18(19,20)21)8-13-14(27-16)9-24-15(26-13)11-6-4-3-5-7-11/h3-7,12-16H,2,8-10H2,1H3,(H,22,23)/t12-,13+,14-,15-,16+/m1/s1. The van der Waals surface area contributed by atoms with Crippen molar-refractivity contribution in [1.82, 2.24) is 5.32 Å². The van der Waals surface area contributed by atoms with Gasteiger partial charge in [0.25, 0.3) is 0 Å². The maximum Gasteiger partial charge on any atom is 0.407 e. The largest absolute Gasteiger partial charge is 0.445 e. The van der Waals surface area contributed by atoms with E-state index in [0.29, 0.717) is 13.0 Å². The fraction of sp³-hybridized carbons (Fsp3) is 0.611. The molecule has 0 radical (unpaired) electrons. The summed E-state index contributed by atoms with van der Waals surface area (Å²) in [6.07, 6.45) is -0.965. The average Bonchev–Trinajstić information content (AvgIpc) is 2.67. The predicted octanol–water partition coefficient (Wildman–Crippen LogP) is 4.43. The highest BCUT2D eigenvalue weighted by atomic mass is 35.6. The van der Waals surface area contributed by atoms with E-state index in [1.54, 1.807) is 11.8 Å². The molecule has 3 rings (SSSR count). The van der Waals surface area contributed by atoms with Gasteiger partial charge in [0.15, 0.2) is 6.29 Å². The van der Waals surface area contributed by atoms with Crippen LogP contribution in [0.1, 0.15) is 25.2 Å². The summed E-state index contributed by atoms with van der Waals surface area (Å²) in [5.41, 5.74) is 0.699. The Hall–Kier alpha value is -0.410. The first-order valence-corrected chi connectivity index (χ1v) is 11.1. The highest BCUT2D eigenvalue weighted by molar-refractivity contribution is 7.99. The Balaban J connectivity index is 1.62. The Morgan fingerprint density at radius 2 is 2.00 bits per heavy atom. The van der Waals surface area contributed by atoms with E-state index in [0.717, 1.165) is 11.3 Å². The molecule has 6 nitrogen and oxygen atoms in total. The van der Waals surface area contributed by atoms with E-state index in [9.17, 15) is 4.79 Å². The Morgan fingerprint density at radius 3 is 2.68 bits per heavy atom. The number of hydrogen-bond donors (Lipinski definition) is 1. The third kappa shape index (κ3) is 6.29. The maximum atomic E-state index is 12.1. The number of halogens is 3. The molecule has 156 valence electrons. The zero-order chi connectivity index (χ0) is 20.1. The number of amides is 1. The van der Waals surface area contributed by atoms with Crippen LogP contribution in [0.25, 0.3) is 0 Å². The lowest BCUT2D eigenvalue weighted by atomic mass is 10.0. The normalized spacial score (nSPS) is 30.4. The van der Waals surface area contributed by atoms with Crippen molar-refractivity contribution < 1.29 is 23.7 Å². The van der Waals surface area contributed by atoms with Gasteiger partial charge in [-0.1, -0.05) is 72.1 Å². The molecule has 0 saturated carbocycles. The molecule has 5 atom stereocenters. The third-order valence-corrected chi connectivity index (χ3v) is 5.75. The van der Waals surface area contributed by atoms with E-state index in [4.69, 9.17) is 53.8 Å². The lowest BCUT2D eigenvalue weighted by Gasteiger charge is -2.45. The Kier molecular flexibility index (Phi) is 8.01. The summed E-state index contributed by atoms with van der Waals surface area (Å²) < 4.78 is 21.4. The number of fused-ring (bicyclic) bond motifs is 1. The van der Waals surface area contributed by atoms with E-state index >= 15 is 0 Å². The van der Waals surface area contributed by atoms with Gasteiger partial charge in [-0.25, -0.2) is 4.79 Å². The topological polar surface area (TPSA) is 66.0 Å². The summed E-state index contributed by atoms with van der Waals surface area (Å²) in [6, 6.07) is 9.41. The van der Waals surface area contributed by atoms with Gasteiger partial charge in [0.1, 0.15) is 18.1 Å². The van der Waals surface area contributed by atoms with Crippen LogP contribution in [0.5, 0.6) is 0 Å². The molecule has 2 heterocycles. The van der Waals surface area contributed by atoms with Gasteiger partial charge in [0.05, 0.1) is 18.8 Å². The Labute approximate surface area is 183 Å². The van der Waals surface area contributed by atoms with Crippen LogP contribution < -0.4 is 5.32 Å². The molecule has 1 N–H and O–H groups in total. The molecule has 2 saturated heterocycles. The van der Waals surface area contributed by atoms with Crippen molar-refractivity contribution >= 4 is 52.7 Å². The van der Waals surface area contributed by atoms with Crippen LogP contribution in [0.4, 0.5) is 4.79 Å². The SMILES string of the molecule is CCS[C@@H]1O[C@@H]2CO[C@@H](c3ccccc3)O[C@H]2C[C@H]1NC(=O)OCC(Cl)(Cl)Cl. The number of ether oxygens (including phenoxy) is 4. The van der Waals surface area contributed by atoms with Gasteiger partial charge in [-0.3, -0.25) is 0 Å². The van der Waals surface area contributed by atoms with Crippen molar-refractivity contribution in [2.75, 3.05) is 19.0 Å². The molecule has 10 heteroatoms. The number of thioether (sulfide) groups is 1. The van der Waals surface area contributed by atoms with Crippen LogP contribution in [-0.2, 0) is 18.9 Å². The molecule has 0 unspecified atom stereocenters. The Morgan fingerprint density at radius 1 is 1.25 bits per heavy atom. The molecule has 28 heavy (non-hydrogen) atoms. The predicted molar refractivity (Wildman–Crippen MR) is 110 cm³/mol. The molecular weight excluding hydrogens is 449 g/mol. The van der Waals surface area contributed by atoms with Crippen LogP contribution in [-0.4, -0.2) is 52.5 Å². The van der Waals surface area contributed by atoms with Gasteiger partial charge in [-0.15, -0.1) is 11.8 Å². The van der Waals surface area contributed by atoms with Gasteiger partial charge in [-0.2, -0.15) is 0 Å². The minimum absolute atomic E-state index is 0.195. The minimum atomic E-state index is -1.66. The fourth-order valence-electron chi connectivity index (χ4n) is 3.11. The number of rotatable bonds is 5. The van der Waals surface area contributed by atoms with Crippen LogP contribution in [0, 0.1) is 0 Å². The first-order valence-electron chi connectivity index (χ1n) is 8.95. The average molecular weight is 471 g/mol. The number of nitrogens with one attached hydrogen (secondary N) is 1. The monoisotopic (exact) mass is 469 g/mol. The highest BCUT2D eigenvalue weighted by Crippen LogP contribution is 2.36. The van der Waals surface area contributed by atoms with Gasteiger partial charge in [-0.05, 0) is 5.75 Å². The second-order valence-electron chi connectivity index (χ2n) is 6.43. The molecule has 2 aliphatic rings. The summed E-state index contributed by atoms with van der Waals surface area (Å²) in [4.78, 5) is 12.1. The molecule has 1 aromatic carbocycles. The molecule has 0 spiro atoms. The van der Waals surface area contributed by atoms with Crippen molar-refractivity contribution in [2.24, 2.45) is 0 Å². The van der Waals surface area contributed by atoms with Gasteiger partial charge >= 0.3 is 6.09 Å². The number of carbonyl (C=O) groups excluding carboxylic acids is 1. The van der Waals surface area contributed by atoms with E-state index in [2.05, 4.69) is 5.32 Å². The second kappa shape index (κ2) is 10.1. The van der Waals surface area contributed by atoms with E-state index in [1.807, 2.05) is 37.3 Å². The van der Waals surface area contributed by atoms with Crippen molar-refractivity contribution in [3.8, 4) is 0 Å². The van der Waals surface area contributed by atoms with Crippen LogP contribution in [0.15, 0.2) is 30.3 Å². The summed E-state index contributed by atoms with van der Waals surface area (Å²) in [6.45, 7) is 2.11. The number of carbonyl (C=O) groups is 1. The van der Waals surface area contributed by atoms with Crippen molar-refractivity contribution in [2.45, 2.75) is 47.1 Å². The van der Waals surface area contributed by atoms with Crippen molar-refractivity contribution in [1.29, 1.82) is 0 Å². The third-order valence-electron chi connectivity index (χ3n) is 4.32. The van der Waals surface area contributed by atoms with Gasteiger partial charge in [0.2, 0.25) is 3.79 Å². The molecule has 2 aliphatic heterocycles. The molecule has 2 fully saturated rings. The molecule has 1 aromatic rings. The minimum Gasteiger partial charge on any atom is -0.445 e. The van der Waals surface area contributed by atoms with E-state index in [1.165, 1.54) is 0 Å². The highest BCUT2D eigenvalue weighted by Gasteiger charge is 2.44. The molecule has 0 aromatic heterocycles. The smallest absolute Gasteiger partial charge is 0.407 e. The fourth-order valence-corrected chi connectivity index (χ4v) is 4.23. The van der Waals surface area contributed by atoms with Gasteiger partial charge < -0.3 is 24.3 Å². The summed E-state index contributed by atoms with van der Waals surface area (Å²) >= 11 is 18.5. The number of benzene rings is 1. The number of alkyl halides is 3. The molecule has 0 bridgehead atoms. The molecule has 0 aliphatic carbocycles. The van der Waals surface area contributed by atoms with E-state index < -0.39 is 16.2 Å². The van der Waals surface area contributed by atoms with Crippen LogP contribution in [0.3, 0.4) is 0 Å².